The number of pyridine rings is 1. The van der Waals surface area contributed by atoms with Crippen molar-refractivity contribution in [3.05, 3.63) is 54.1 Å². The topological polar surface area (TPSA) is 56.6 Å². The van der Waals surface area contributed by atoms with Gasteiger partial charge in [-0.1, -0.05) is 0 Å². The van der Waals surface area contributed by atoms with E-state index in [0.29, 0.717) is 19.7 Å². The molecule has 1 aliphatic rings. The summed E-state index contributed by atoms with van der Waals surface area (Å²) in [5.41, 5.74) is 2.19. The van der Waals surface area contributed by atoms with Crippen molar-refractivity contribution in [1.82, 2.24) is 14.5 Å². The smallest absolute Gasteiger partial charge is 0.248 e. The average molecular weight is 315 g/mol. The molecule has 6 heteroatoms. The van der Waals surface area contributed by atoms with Gasteiger partial charge in [-0.25, -0.2) is 0 Å². The zero-order valence-electron chi connectivity index (χ0n) is 13.2. The van der Waals surface area contributed by atoms with E-state index in [0.717, 1.165) is 17.8 Å². The fourth-order valence-corrected chi connectivity index (χ4v) is 2.76. The maximum Gasteiger partial charge on any atom is 0.248 e. The van der Waals surface area contributed by atoms with Crippen LogP contribution >= 0.6 is 0 Å². The summed E-state index contributed by atoms with van der Waals surface area (Å²) in [5, 5.41) is 0. The summed E-state index contributed by atoms with van der Waals surface area (Å²) in [6.45, 7) is 2.50. The minimum atomic E-state index is -0.0578. The Bertz CT molecular complexity index is 642. The van der Waals surface area contributed by atoms with Crippen LogP contribution in [0.15, 0.2) is 42.9 Å². The maximum absolute atomic E-state index is 12.2. The Kier molecular flexibility index (Phi) is 5.05. The third-order valence-corrected chi connectivity index (χ3v) is 3.96. The molecule has 0 aromatic carbocycles. The van der Waals surface area contributed by atoms with Gasteiger partial charge in [0.15, 0.2) is 0 Å². The zero-order chi connectivity index (χ0) is 16.1. The van der Waals surface area contributed by atoms with Crippen molar-refractivity contribution in [2.24, 2.45) is 0 Å². The summed E-state index contributed by atoms with van der Waals surface area (Å²) in [5.74, 6) is -0.0142. The highest BCUT2D eigenvalue weighted by molar-refractivity contribution is 5.77. The van der Waals surface area contributed by atoms with Crippen molar-refractivity contribution in [1.29, 1.82) is 0 Å². The molecule has 1 aliphatic heterocycles. The molecule has 0 N–H and O–H groups in total. The van der Waals surface area contributed by atoms with Crippen molar-refractivity contribution >= 4 is 5.91 Å². The summed E-state index contributed by atoms with van der Waals surface area (Å²) in [7, 11) is 1.54. The van der Waals surface area contributed by atoms with E-state index in [-0.39, 0.29) is 18.6 Å². The lowest BCUT2D eigenvalue weighted by atomic mass is 10.2. The predicted octanol–water partition coefficient (Wildman–Crippen LogP) is 1.46. The van der Waals surface area contributed by atoms with Gasteiger partial charge in [0.25, 0.3) is 0 Å². The van der Waals surface area contributed by atoms with E-state index in [2.05, 4.69) is 9.55 Å². The lowest BCUT2D eigenvalue weighted by Gasteiger charge is -2.24. The van der Waals surface area contributed by atoms with Gasteiger partial charge in [-0.05, 0) is 29.8 Å². The number of fused-ring (bicyclic) bond motifs is 1. The van der Waals surface area contributed by atoms with Gasteiger partial charge in [-0.3, -0.25) is 9.78 Å². The molecule has 1 atom stereocenters. The van der Waals surface area contributed by atoms with Crippen molar-refractivity contribution < 1.29 is 14.3 Å². The third-order valence-electron chi connectivity index (χ3n) is 3.96. The Balaban J connectivity index is 1.70. The van der Waals surface area contributed by atoms with E-state index >= 15 is 0 Å². The van der Waals surface area contributed by atoms with Crippen molar-refractivity contribution in [3.63, 3.8) is 0 Å². The number of hydrogen-bond acceptors (Lipinski definition) is 4. The first-order valence-electron chi connectivity index (χ1n) is 7.67. The highest BCUT2D eigenvalue weighted by Crippen LogP contribution is 2.16. The molecule has 1 amide bonds. The van der Waals surface area contributed by atoms with Gasteiger partial charge in [0, 0.05) is 37.9 Å². The number of hydrogen-bond donors (Lipinski definition) is 0. The van der Waals surface area contributed by atoms with Crippen LogP contribution in [0.25, 0.3) is 0 Å². The quantitative estimate of drug-likeness (QED) is 0.838. The molecule has 3 heterocycles. The lowest BCUT2D eigenvalue weighted by Crippen LogP contribution is -2.39. The van der Waals surface area contributed by atoms with Crippen LogP contribution in [-0.4, -0.2) is 46.7 Å². The first-order chi connectivity index (χ1) is 11.3. The van der Waals surface area contributed by atoms with Crippen molar-refractivity contribution in [2.45, 2.75) is 25.8 Å². The minimum Gasteiger partial charge on any atom is -0.375 e. The van der Waals surface area contributed by atoms with Gasteiger partial charge in [0.05, 0.1) is 25.8 Å². The summed E-state index contributed by atoms with van der Waals surface area (Å²) < 4.78 is 13.2. The second-order valence-corrected chi connectivity index (χ2v) is 5.65. The van der Waals surface area contributed by atoms with Crippen LogP contribution in [0.2, 0.25) is 0 Å². The number of rotatable bonds is 5. The standard InChI is InChI=1S/C17H21N3O3/c1-22-13-17(21)20-9-15-3-2-8-19(15)10-16(11-20)23-12-14-4-6-18-7-5-14/h2-8,16H,9-13H2,1H3/t16-/m0/s1. The van der Waals surface area contributed by atoms with Gasteiger partial charge < -0.3 is 18.9 Å². The molecule has 0 fully saturated rings. The van der Waals surface area contributed by atoms with Gasteiger partial charge in [0.2, 0.25) is 5.91 Å². The number of amides is 1. The van der Waals surface area contributed by atoms with Crippen LogP contribution in [0.5, 0.6) is 0 Å². The number of ether oxygens (including phenoxy) is 2. The van der Waals surface area contributed by atoms with E-state index in [1.54, 1.807) is 17.3 Å². The molecule has 0 unspecified atom stereocenters. The molecular weight excluding hydrogens is 294 g/mol. The van der Waals surface area contributed by atoms with Crippen LogP contribution in [0, 0.1) is 0 Å². The fraction of sp³-hybridized carbons (Fsp3) is 0.412. The first-order valence-corrected chi connectivity index (χ1v) is 7.67. The number of nitrogens with zero attached hydrogens (tertiary/aromatic N) is 3. The SMILES string of the molecule is COCC(=O)N1Cc2cccn2C[C@H](OCc2ccncc2)C1. The molecule has 3 rings (SSSR count). The van der Waals surface area contributed by atoms with Gasteiger partial charge in [-0.15, -0.1) is 0 Å². The number of carbonyl (C=O) groups is 1. The molecule has 6 nitrogen and oxygen atoms in total. The molecule has 0 spiro atoms. The van der Waals surface area contributed by atoms with Crippen LogP contribution in [-0.2, 0) is 34.0 Å². The Morgan fingerprint density at radius 2 is 2.13 bits per heavy atom. The largest absolute Gasteiger partial charge is 0.375 e. The van der Waals surface area contributed by atoms with Gasteiger partial charge >= 0.3 is 0 Å². The summed E-state index contributed by atoms with van der Waals surface area (Å²) in [4.78, 5) is 18.0. The molecule has 0 bridgehead atoms. The Morgan fingerprint density at radius 1 is 1.30 bits per heavy atom. The van der Waals surface area contributed by atoms with Crippen LogP contribution in [0.4, 0.5) is 0 Å². The maximum atomic E-state index is 12.2. The molecule has 0 saturated carbocycles. The average Bonchev–Trinajstić information content (AvgIpc) is 2.92. The van der Waals surface area contributed by atoms with E-state index in [1.165, 1.54) is 7.11 Å². The molecule has 0 radical (unpaired) electrons. The summed E-state index contributed by atoms with van der Waals surface area (Å²) >= 11 is 0. The number of methoxy groups -OCH3 is 1. The van der Waals surface area contributed by atoms with Crippen molar-refractivity contribution in [3.8, 4) is 0 Å². The molecule has 23 heavy (non-hydrogen) atoms. The molecule has 122 valence electrons. The third kappa shape index (κ3) is 3.97. The van der Waals surface area contributed by atoms with E-state index in [1.807, 2.05) is 30.5 Å². The lowest BCUT2D eigenvalue weighted by molar-refractivity contribution is -0.137. The minimum absolute atomic E-state index is 0.0142. The van der Waals surface area contributed by atoms with Crippen molar-refractivity contribution in [2.75, 3.05) is 20.3 Å². The van der Waals surface area contributed by atoms with E-state index in [9.17, 15) is 4.79 Å². The Labute approximate surface area is 135 Å². The normalized spacial score (nSPS) is 17.6. The molecule has 2 aromatic heterocycles. The summed E-state index contributed by atoms with van der Waals surface area (Å²) in [6, 6.07) is 7.91. The van der Waals surface area contributed by atoms with E-state index in [4.69, 9.17) is 9.47 Å². The molecule has 2 aromatic rings. The first kappa shape index (κ1) is 15.7. The molecular formula is C17H21N3O3. The monoisotopic (exact) mass is 315 g/mol. The van der Waals surface area contributed by atoms with Crippen LogP contribution in [0.3, 0.4) is 0 Å². The van der Waals surface area contributed by atoms with Gasteiger partial charge in [-0.2, -0.15) is 0 Å². The second kappa shape index (κ2) is 7.39. The number of carbonyl (C=O) groups excluding carboxylic acids is 1. The fourth-order valence-electron chi connectivity index (χ4n) is 2.76. The second-order valence-electron chi connectivity index (χ2n) is 5.65. The Morgan fingerprint density at radius 3 is 2.91 bits per heavy atom. The van der Waals surface area contributed by atoms with Crippen LogP contribution < -0.4 is 0 Å². The summed E-state index contributed by atoms with van der Waals surface area (Å²) in [6.07, 6.45) is 5.48. The Hall–Kier alpha value is -2.18. The van der Waals surface area contributed by atoms with Crippen LogP contribution in [0.1, 0.15) is 11.3 Å². The highest BCUT2D eigenvalue weighted by Gasteiger charge is 2.25. The number of aromatic nitrogens is 2. The predicted molar refractivity (Wildman–Crippen MR) is 84.5 cm³/mol. The highest BCUT2D eigenvalue weighted by atomic mass is 16.5. The zero-order valence-corrected chi connectivity index (χ0v) is 13.2. The molecule has 0 aliphatic carbocycles. The van der Waals surface area contributed by atoms with Gasteiger partial charge in [0.1, 0.15) is 6.61 Å². The molecule has 0 saturated heterocycles. The van der Waals surface area contributed by atoms with E-state index < -0.39 is 0 Å².